The lowest BCUT2D eigenvalue weighted by Crippen LogP contribution is -2.40. The molecule has 0 aliphatic carbocycles. The van der Waals surface area contributed by atoms with Gasteiger partial charge in [0, 0.05) is 36.6 Å². The van der Waals surface area contributed by atoms with E-state index in [0.29, 0.717) is 32.7 Å². The van der Waals surface area contributed by atoms with Crippen LogP contribution in [0.15, 0.2) is 48.7 Å². The summed E-state index contributed by atoms with van der Waals surface area (Å²) >= 11 is 0. The molecule has 5 heteroatoms. The molecular weight excluding hydrogens is 326 g/mol. The zero-order valence-electron chi connectivity index (χ0n) is 14.8. The van der Waals surface area contributed by atoms with Crippen LogP contribution in [0.2, 0.25) is 0 Å². The molecule has 1 aliphatic heterocycles. The van der Waals surface area contributed by atoms with E-state index < -0.39 is 0 Å². The minimum absolute atomic E-state index is 0.229. The minimum Gasteiger partial charge on any atom is -0.378 e. The van der Waals surface area contributed by atoms with E-state index in [1.54, 1.807) is 0 Å². The Hall–Kier alpha value is -2.66. The number of aryl methyl sites for hydroxylation is 1. The third kappa shape index (κ3) is 3.48. The van der Waals surface area contributed by atoms with Crippen molar-refractivity contribution in [2.75, 3.05) is 26.3 Å². The lowest BCUT2D eigenvalue weighted by Gasteiger charge is -2.26. The smallest absolute Gasteiger partial charge is 0.222 e. The van der Waals surface area contributed by atoms with Gasteiger partial charge in [-0.2, -0.15) is 0 Å². The topological polar surface area (TPSA) is 58.2 Å². The Morgan fingerprint density at radius 3 is 2.73 bits per heavy atom. The van der Waals surface area contributed by atoms with Crippen LogP contribution in [-0.2, 0) is 16.0 Å². The molecule has 0 unspecified atom stereocenters. The Balaban J connectivity index is 1.52. The second kappa shape index (κ2) is 7.70. The summed E-state index contributed by atoms with van der Waals surface area (Å²) in [6.07, 6.45) is 4.07. The number of carbonyl (C=O) groups is 1. The van der Waals surface area contributed by atoms with Gasteiger partial charge in [0.15, 0.2) is 0 Å². The highest BCUT2D eigenvalue weighted by molar-refractivity contribution is 5.90. The van der Waals surface area contributed by atoms with E-state index in [4.69, 9.17) is 4.74 Å². The van der Waals surface area contributed by atoms with E-state index in [-0.39, 0.29) is 5.91 Å². The highest BCUT2D eigenvalue weighted by Gasteiger charge is 2.18. The van der Waals surface area contributed by atoms with Crippen molar-refractivity contribution in [1.82, 2.24) is 14.9 Å². The zero-order valence-corrected chi connectivity index (χ0v) is 14.8. The molecule has 0 saturated carbocycles. The summed E-state index contributed by atoms with van der Waals surface area (Å²) in [6.45, 7) is 2.73. The summed E-state index contributed by atoms with van der Waals surface area (Å²) in [5, 5.41) is 1.21. The molecule has 3 heterocycles. The van der Waals surface area contributed by atoms with Crippen LogP contribution in [0.5, 0.6) is 0 Å². The van der Waals surface area contributed by atoms with Crippen LogP contribution in [0.25, 0.3) is 22.3 Å². The lowest BCUT2D eigenvalue weighted by molar-refractivity contribution is -0.135. The van der Waals surface area contributed by atoms with Gasteiger partial charge in [-0.15, -0.1) is 0 Å². The molecule has 0 spiro atoms. The van der Waals surface area contributed by atoms with Crippen LogP contribution < -0.4 is 0 Å². The van der Waals surface area contributed by atoms with Crippen molar-refractivity contribution in [2.24, 2.45) is 0 Å². The molecule has 3 aromatic rings. The summed E-state index contributed by atoms with van der Waals surface area (Å²) in [5.41, 5.74) is 4.36. The van der Waals surface area contributed by atoms with Gasteiger partial charge in [-0.25, -0.2) is 0 Å². The number of rotatable bonds is 5. The number of hydrogen-bond donors (Lipinski definition) is 1. The molecule has 0 bridgehead atoms. The van der Waals surface area contributed by atoms with E-state index in [2.05, 4.69) is 28.2 Å². The summed E-state index contributed by atoms with van der Waals surface area (Å²) < 4.78 is 5.32. The molecule has 4 rings (SSSR count). The van der Waals surface area contributed by atoms with Gasteiger partial charge in [0.2, 0.25) is 5.91 Å². The lowest BCUT2D eigenvalue weighted by atomic mass is 10.0. The number of aromatic nitrogens is 2. The number of H-pyrrole nitrogens is 1. The SMILES string of the molecule is O=C(CCCc1c(-c2ccccn2)[nH]c2ccccc12)N1CCOCC1. The van der Waals surface area contributed by atoms with Crippen LogP contribution in [0.1, 0.15) is 18.4 Å². The van der Waals surface area contributed by atoms with E-state index in [1.807, 2.05) is 35.4 Å². The second-order valence-electron chi connectivity index (χ2n) is 6.59. The van der Waals surface area contributed by atoms with Crippen molar-refractivity contribution in [2.45, 2.75) is 19.3 Å². The number of pyridine rings is 1. The number of aromatic amines is 1. The molecule has 2 aromatic heterocycles. The number of para-hydroxylation sites is 1. The van der Waals surface area contributed by atoms with Gasteiger partial charge in [0.05, 0.1) is 24.6 Å². The Labute approximate surface area is 153 Å². The summed E-state index contributed by atoms with van der Waals surface area (Å²) in [4.78, 5) is 22.3. The molecule has 134 valence electrons. The predicted molar refractivity (Wildman–Crippen MR) is 102 cm³/mol. The zero-order chi connectivity index (χ0) is 17.8. The molecule has 1 amide bonds. The quantitative estimate of drug-likeness (QED) is 0.768. The average molecular weight is 349 g/mol. The van der Waals surface area contributed by atoms with Gasteiger partial charge in [-0.3, -0.25) is 9.78 Å². The number of hydrogen-bond acceptors (Lipinski definition) is 3. The van der Waals surface area contributed by atoms with Gasteiger partial charge >= 0.3 is 0 Å². The standard InChI is InChI=1S/C21H23N3O2/c25-20(24-12-14-26-15-13-24)10-5-7-17-16-6-1-2-8-18(16)23-21(17)19-9-3-4-11-22-19/h1-4,6,8-9,11,23H,5,7,10,12-15H2. The maximum Gasteiger partial charge on any atom is 0.222 e. The first-order chi connectivity index (χ1) is 12.8. The number of nitrogens with one attached hydrogen (secondary N) is 1. The average Bonchev–Trinajstić information content (AvgIpc) is 3.08. The fraction of sp³-hybridized carbons (Fsp3) is 0.333. The van der Waals surface area contributed by atoms with Crippen LogP contribution in [0.4, 0.5) is 0 Å². The molecule has 1 aromatic carbocycles. The molecule has 1 aliphatic rings. The highest BCUT2D eigenvalue weighted by atomic mass is 16.5. The summed E-state index contributed by atoms with van der Waals surface area (Å²) in [6, 6.07) is 14.3. The molecule has 1 fully saturated rings. The molecule has 0 radical (unpaired) electrons. The maximum absolute atomic E-state index is 12.4. The highest BCUT2D eigenvalue weighted by Crippen LogP contribution is 2.30. The van der Waals surface area contributed by atoms with E-state index in [9.17, 15) is 4.79 Å². The molecule has 5 nitrogen and oxygen atoms in total. The normalized spacial score (nSPS) is 14.7. The number of morpholine rings is 1. The number of benzene rings is 1. The fourth-order valence-electron chi connectivity index (χ4n) is 3.58. The van der Waals surface area contributed by atoms with Gasteiger partial charge in [0.1, 0.15) is 0 Å². The van der Waals surface area contributed by atoms with Crippen LogP contribution >= 0.6 is 0 Å². The number of fused-ring (bicyclic) bond motifs is 1. The maximum atomic E-state index is 12.4. The first kappa shape index (κ1) is 16.8. The van der Waals surface area contributed by atoms with Crippen molar-refractivity contribution >= 4 is 16.8 Å². The Morgan fingerprint density at radius 2 is 1.92 bits per heavy atom. The number of carbonyl (C=O) groups excluding carboxylic acids is 1. The number of nitrogens with zero attached hydrogens (tertiary/aromatic N) is 2. The van der Waals surface area contributed by atoms with Gasteiger partial charge in [0.25, 0.3) is 0 Å². The molecule has 1 N–H and O–H groups in total. The monoisotopic (exact) mass is 349 g/mol. The van der Waals surface area contributed by atoms with E-state index in [0.717, 1.165) is 29.7 Å². The van der Waals surface area contributed by atoms with Crippen LogP contribution in [0.3, 0.4) is 0 Å². The Morgan fingerprint density at radius 1 is 1.12 bits per heavy atom. The van der Waals surface area contributed by atoms with Crippen molar-refractivity contribution in [1.29, 1.82) is 0 Å². The fourth-order valence-corrected chi connectivity index (χ4v) is 3.58. The second-order valence-corrected chi connectivity index (χ2v) is 6.59. The minimum atomic E-state index is 0.229. The van der Waals surface area contributed by atoms with Gasteiger partial charge in [-0.1, -0.05) is 24.3 Å². The van der Waals surface area contributed by atoms with Crippen LogP contribution in [-0.4, -0.2) is 47.1 Å². The largest absolute Gasteiger partial charge is 0.378 e. The van der Waals surface area contributed by atoms with Crippen molar-refractivity contribution < 1.29 is 9.53 Å². The molecular formula is C21H23N3O2. The predicted octanol–water partition coefficient (Wildman–Crippen LogP) is 3.41. The van der Waals surface area contributed by atoms with Crippen LogP contribution in [0, 0.1) is 0 Å². The van der Waals surface area contributed by atoms with Crippen molar-refractivity contribution in [3.05, 3.63) is 54.2 Å². The number of amides is 1. The van der Waals surface area contributed by atoms with Gasteiger partial charge in [-0.05, 0) is 36.6 Å². The Bertz CT molecular complexity index is 883. The van der Waals surface area contributed by atoms with Gasteiger partial charge < -0.3 is 14.6 Å². The number of ether oxygens (including phenoxy) is 1. The summed E-state index contributed by atoms with van der Waals surface area (Å²) in [7, 11) is 0. The van der Waals surface area contributed by atoms with Crippen molar-refractivity contribution in [3.63, 3.8) is 0 Å². The third-order valence-electron chi connectivity index (χ3n) is 4.92. The molecule has 0 atom stereocenters. The third-order valence-corrected chi connectivity index (χ3v) is 4.92. The van der Waals surface area contributed by atoms with E-state index >= 15 is 0 Å². The first-order valence-corrected chi connectivity index (χ1v) is 9.19. The summed E-state index contributed by atoms with van der Waals surface area (Å²) in [5.74, 6) is 0.229. The Kier molecular flexibility index (Phi) is 4.97. The molecule has 26 heavy (non-hydrogen) atoms. The molecule has 1 saturated heterocycles. The van der Waals surface area contributed by atoms with Crippen molar-refractivity contribution in [3.8, 4) is 11.4 Å². The first-order valence-electron chi connectivity index (χ1n) is 9.19. The van der Waals surface area contributed by atoms with E-state index in [1.165, 1.54) is 10.9 Å².